The minimum atomic E-state index is -1.07. The lowest BCUT2D eigenvalue weighted by Crippen LogP contribution is -2.26. The average molecular weight is 324 g/mol. The standard InChI is InChI=1S/C18H28O3S/c1-7-8-9-15(10-14(4)13(2)3)20-11-16-17(22-16)12-21-18(5,6)19/h7,9-10,13,16-17,19H,4,11-12H2,1-3,5-6H3/b15-10+. The normalized spacial score (nSPS) is 21.3. The minimum Gasteiger partial charge on any atom is -0.492 e. The van der Waals surface area contributed by atoms with E-state index in [0.717, 1.165) is 11.3 Å². The molecule has 0 aliphatic carbocycles. The molecule has 0 aromatic carbocycles. The van der Waals surface area contributed by atoms with Gasteiger partial charge in [0.15, 0.2) is 5.79 Å². The van der Waals surface area contributed by atoms with Crippen LogP contribution in [-0.4, -0.2) is 34.6 Å². The molecule has 0 spiro atoms. The molecule has 0 aromatic heterocycles. The molecule has 1 aliphatic rings. The van der Waals surface area contributed by atoms with Crippen molar-refractivity contribution in [3.8, 4) is 0 Å². The van der Waals surface area contributed by atoms with Crippen molar-refractivity contribution in [3.63, 3.8) is 0 Å². The molecular weight excluding hydrogens is 296 g/mol. The summed E-state index contributed by atoms with van der Waals surface area (Å²) in [6.07, 6.45) is 5.65. The third kappa shape index (κ3) is 7.90. The number of aliphatic hydroxyl groups is 1. The summed E-state index contributed by atoms with van der Waals surface area (Å²) in [5.74, 6) is 0.107. The summed E-state index contributed by atoms with van der Waals surface area (Å²) in [5, 5.41) is 10.4. The smallest absolute Gasteiger partial charge is 0.159 e. The predicted octanol–water partition coefficient (Wildman–Crippen LogP) is 4.06. The second kappa shape index (κ2) is 8.64. The fourth-order valence-corrected chi connectivity index (χ4v) is 2.39. The lowest BCUT2D eigenvalue weighted by Gasteiger charge is -2.17. The minimum absolute atomic E-state index is 0.390. The van der Waals surface area contributed by atoms with Crippen LogP contribution >= 0.6 is 11.8 Å². The molecule has 1 aliphatic heterocycles. The van der Waals surface area contributed by atoms with Gasteiger partial charge in [0.2, 0.25) is 0 Å². The van der Waals surface area contributed by atoms with E-state index in [1.165, 1.54) is 0 Å². The predicted molar refractivity (Wildman–Crippen MR) is 93.8 cm³/mol. The Morgan fingerprint density at radius 2 is 2.00 bits per heavy atom. The first-order valence-corrected chi connectivity index (χ1v) is 8.59. The van der Waals surface area contributed by atoms with Crippen molar-refractivity contribution < 1.29 is 14.6 Å². The highest BCUT2D eigenvalue weighted by molar-refractivity contribution is 8.07. The van der Waals surface area contributed by atoms with Crippen LogP contribution in [0.2, 0.25) is 0 Å². The fourth-order valence-electron chi connectivity index (χ4n) is 1.58. The lowest BCUT2D eigenvalue weighted by molar-refractivity contribution is -0.174. The average Bonchev–Trinajstić information content (AvgIpc) is 3.17. The van der Waals surface area contributed by atoms with Gasteiger partial charge < -0.3 is 14.6 Å². The first-order valence-electron chi connectivity index (χ1n) is 7.65. The molecule has 124 valence electrons. The fraction of sp³-hybridized carbons (Fsp3) is 0.611. The van der Waals surface area contributed by atoms with Gasteiger partial charge in [-0.05, 0) is 44.4 Å². The molecule has 0 bridgehead atoms. The van der Waals surface area contributed by atoms with Crippen LogP contribution in [0.15, 0.2) is 41.9 Å². The topological polar surface area (TPSA) is 38.7 Å². The Balaban J connectivity index is 2.46. The van der Waals surface area contributed by atoms with Gasteiger partial charge in [-0.15, -0.1) is 17.5 Å². The Bertz CT molecular complexity index is 465. The van der Waals surface area contributed by atoms with Crippen LogP contribution in [0.3, 0.4) is 0 Å². The van der Waals surface area contributed by atoms with Crippen molar-refractivity contribution >= 4 is 11.8 Å². The number of hydrogen-bond acceptors (Lipinski definition) is 4. The van der Waals surface area contributed by atoms with Crippen LogP contribution in [-0.2, 0) is 9.47 Å². The molecule has 0 radical (unpaired) electrons. The molecule has 1 saturated heterocycles. The third-order valence-corrected chi connectivity index (χ3v) is 4.48. The molecule has 3 nitrogen and oxygen atoms in total. The Morgan fingerprint density at radius 3 is 2.55 bits per heavy atom. The zero-order valence-corrected chi connectivity index (χ0v) is 15.1. The molecule has 1 rings (SSSR count). The summed E-state index contributed by atoms with van der Waals surface area (Å²) >= 11 is 1.82. The molecule has 1 heterocycles. The molecule has 2 atom stereocenters. The quantitative estimate of drug-likeness (QED) is 0.228. The molecule has 1 N–H and O–H groups in total. The number of ether oxygens (including phenoxy) is 2. The molecule has 4 heteroatoms. The van der Waals surface area contributed by atoms with Crippen molar-refractivity contribution in [1.29, 1.82) is 0 Å². The molecule has 2 unspecified atom stereocenters. The van der Waals surface area contributed by atoms with Crippen LogP contribution in [0.4, 0.5) is 0 Å². The van der Waals surface area contributed by atoms with Gasteiger partial charge in [-0.1, -0.05) is 20.4 Å². The van der Waals surface area contributed by atoms with E-state index < -0.39 is 5.79 Å². The SMILES string of the molecule is C=C(/C=C(\C=C=CC)OCC1SC1COC(C)(C)O)C(C)C. The molecule has 0 saturated carbocycles. The lowest BCUT2D eigenvalue weighted by atomic mass is 10.0. The number of allylic oxidation sites excluding steroid dienone is 3. The summed E-state index contributed by atoms with van der Waals surface area (Å²) in [4.78, 5) is 0. The second-order valence-corrected chi connectivity index (χ2v) is 7.64. The van der Waals surface area contributed by atoms with E-state index in [1.807, 2.05) is 36.9 Å². The number of thioether (sulfide) groups is 1. The zero-order chi connectivity index (χ0) is 16.8. The largest absolute Gasteiger partial charge is 0.492 e. The van der Waals surface area contributed by atoms with Gasteiger partial charge in [-0.25, -0.2) is 0 Å². The van der Waals surface area contributed by atoms with Gasteiger partial charge in [0.1, 0.15) is 12.4 Å². The van der Waals surface area contributed by atoms with E-state index in [-0.39, 0.29) is 0 Å². The Kier molecular flexibility index (Phi) is 7.51. The Hall–Kier alpha value is -0.930. The maximum absolute atomic E-state index is 9.55. The van der Waals surface area contributed by atoms with Gasteiger partial charge in [0.25, 0.3) is 0 Å². The van der Waals surface area contributed by atoms with Crippen molar-refractivity contribution in [2.75, 3.05) is 13.2 Å². The van der Waals surface area contributed by atoms with Crippen LogP contribution in [0.1, 0.15) is 34.6 Å². The summed E-state index contributed by atoms with van der Waals surface area (Å²) in [5.41, 5.74) is 4.08. The van der Waals surface area contributed by atoms with Gasteiger partial charge in [0, 0.05) is 11.3 Å². The highest BCUT2D eigenvalue weighted by Gasteiger charge is 2.40. The van der Waals surface area contributed by atoms with Crippen molar-refractivity contribution in [2.45, 2.75) is 50.9 Å². The maximum Gasteiger partial charge on any atom is 0.159 e. The maximum atomic E-state index is 9.55. The third-order valence-electron chi connectivity index (χ3n) is 3.16. The number of hydrogen-bond donors (Lipinski definition) is 1. The molecule has 1 fully saturated rings. The number of rotatable bonds is 9. The van der Waals surface area contributed by atoms with Crippen LogP contribution in [0, 0.1) is 5.92 Å². The molecule has 0 aromatic rings. The zero-order valence-electron chi connectivity index (χ0n) is 14.3. The monoisotopic (exact) mass is 324 g/mol. The van der Waals surface area contributed by atoms with E-state index in [1.54, 1.807) is 13.8 Å². The Labute approximate surface area is 138 Å². The summed E-state index contributed by atoms with van der Waals surface area (Å²) in [7, 11) is 0. The van der Waals surface area contributed by atoms with E-state index in [9.17, 15) is 5.11 Å². The first kappa shape index (κ1) is 19.1. The second-order valence-electron chi connectivity index (χ2n) is 6.16. The van der Waals surface area contributed by atoms with E-state index >= 15 is 0 Å². The molecule has 0 amide bonds. The Morgan fingerprint density at radius 1 is 1.36 bits per heavy atom. The van der Waals surface area contributed by atoms with E-state index in [4.69, 9.17) is 9.47 Å². The summed E-state index contributed by atoms with van der Waals surface area (Å²) in [6, 6.07) is 0. The first-order chi connectivity index (χ1) is 10.2. The van der Waals surface area contributed by atoms with Crippen molar-refractivity contribution in [1.82, 2.24) is 0 Å². The highest BCUT2D eigenvalue weighted by Crippen LogP contribution is 2.42. The van der Waals surface area contributed by atoms with Gasteiger partial charge in [-0.2, -0.15) is 0 Å². The molecular formula is C18H28O3S. The van der Waals surface area contributed by atoms with Gasteiger partial charge in [0.05, 0.1) is 11.9 Å². The van der Waals surface area contributed by atoms with Gasteiger partial charge >= 0.3 is 0 Å². The summed E-state index contributed by atoms with van der Waals surface area (Å²) in [6.45, 7) is 14.7. The van der Waals surface area contributed by atoms with Crippen LogP contribution in [0.5, 0.6) is 0 Å². The van der Waals surface area contributed by atoms with E-state index in [0.29, 0.717) is 29.6 Å². The van der Waals surface area contributed by atoms with E-state index in [2.05, 4.69) is 26.2 Å². The van der Waals surface area contributed by atoms with Crippen LogP contribution in [0.25, 0.3) is 0 Å². The highest BCUT2D eigenvalue weighted by atomic mass is 32.2. The van der Waals surface area contributed by atoms with Crippen molar-refractivity contribution in [3.05, 3.63) is 41.9 Å². The molecule has 22 heavy (non-hydrogen) atoms. The van der Waals surface area contributed by atoms with Gasteiger partial charge in [-0.3, -0.25) is 0 Å². The van der Waals surface area contributed by atoms with Crippen molar-refractivity contribution in [2.24, 2.45) is 5.92 Å². The summed E-state index contributed by atoms with van der Waals surface area (Å²) < 4.78 is 11.3. The van der Waals surface area contributed by atoms with Crippen LogP contribution < -0.4 is 0 Å².